The topological polar surface area (TPSA) is 61.8 Å². The summed E-state index contributed by atoms with van der Waals surface area (Å²) in [5.74, 6) is -0.169. The molecule has 1 aliphatic rings. The van der Waals surface area contributed by atoms with Gasteiger partial charge in [-0.3, -0.25) is 0 Å². The Morgan fingerprint density at radius 3 is 2.19 bits per heavy atom. The Morgan fingerprint density at radius 2 is 1.58 bits per heavy atom. The molecule has 31 heavy (non-hydrogen) atoms. The zero-order valence-electron chi connectivity index (χ0n) is 18.1. The van der Waals surface area contributed by atoms with Gasteiger partial charge in [0.05, 0.1) is 0 Å². The van der Waals surface area contributed by atoms with E-state index in [9.17, 15) is 9.59 Å². The van der Waals surface area contributed by atoms with Crippen LogP contribution in [0.4, 0.5) is 0 Å². The van der Waals surface area contributed by atoms with Gasteiger partial charge in [-0.2, -0.15) is 0 Å². The van der Waals surface area contributed by atoms with E-state index in [4.69, 9.17) is 14.2 Å². The molecule has 1 aliphatic carbocycles. The average molecular weight is 487 g/mol. The molecule has 0 N–H and O–H groups in total. The molecule has 6 heteroatoms. The van der Waals surface area contributed by atoms with Crippen LogP contribution in [-0.4, -0.2) is 47.2 Å². The Morgan fingerprint density at radius 1 is 0.968 bits per heavy atom. The van der Waals surface area contributed by atoms with Gasteiger partial charge in [-0.15, -0.1) is 0 Å². The molecule has 0 amide bonds. The van der Waals surface area contributed by atoms with Crippen LogP contribution >= 0.6 is 0 Å². The fraction of sp³-hybridized carbons (Fsp3) is 0.360. The van der Waals surface area contributed by atoms with E-state index in [0.717, 1.165) is 26.7 Å². The number of hydrogen-bond donors (Lipinski definition) is 0. The van der Waals surface area contributed by atoms with Crippen molar-refractivity contribution in [3.8, 4) is 5.75 Å². The minimum atomic E-state index is -1.40. The second kappa shape index (κ2) is 10.6. The van der Waals surface area contributed by atoms with Crippen LogP contribution in [0.15, 0.2) is 60.7 Å². The summed E-state index contributed by atoms with van der Waals surface area (Å²) in [6.07, 6.45) is 2.15. The van der Waals surface area contributed by atoms with Crippen molar-refractivity contribution in [2.24, 2.45) is 11.3 Å². The summed E-state index contributed by atoms with van der Waals surface area (Å²) >= 11 is 0.102. The summed E-state index contributed by atoms with van der Waals surface area (Å²) in [4.78, 5) is 26.0. The molecule has 0 spiro atoms. The van der Waals surface area contributed by atoms with E-state index in [1.807, 2.05) is 48.5 Å². The van der Waals surface area contributed by atoms with E-state index in [0.29, 0.717) is 6.42 Å². The third-order valence-electron chi connectivity index (χ3n) is 5.31. The summed E-state index contributed by atoms with van der Waals surface area (Å²) in [7, 11) is 1.67. The monoisotopic (exact) mass is 488 g/mol. The molecule has 2 aromatic carbocycles. The number of methoxy groups -OCH3 is 1. The van der Waals surface area contributed by atoms with Crippen molar-refractivity contribution < 1.29 is 23.8 Å². The van der Waals surface area contributed by atoms with Crippen LogP contribution in [0.3, 0.4) is 0 Å². The number of carbonyl (C=O) groups is 2. The normalized spacial score (nSPS) is 17.0. The molecule has 0 aromatic heterocycles. The fourth-order valence-corrected chi connectivity index (χ4v) is 6.26. The maximum absolute atomic E-state index is 13.0. The first-order valence-corrected chi connectivity index (χ1v) is 12.5. The number of ether oxygens (including phenoxy) is 3. The number of para-hydroxylation sites is 1. The van der Waals surface area contributed by atoms with E-state index in [1.165, 1.54) is 0 Å². The van der Waals surface area contributed by atoms with Gasteiger partial charge in [0.1, 0.15) is 0 Å². The Kier molecular flexibility index (Phi) is 7.94. The van der Waals surface area contributed by atoms with Crippen LogP contribution < -0.4 is 9.20 Å². The van der Waals surface area contributed by atoms with Crippen molar-refractivity contribution in [2.45, 2.75) is 25.6 Å². The molecule has 1 unspecified atom stereocenters. The molecule has 0 saturated heterocycles. The van der Waals surface area contributed by atoms with E-state index < -0.39 is 17.4 Å². The molecule has 0 saturated carbocycles. The van der Waals surface area contributed by atoms with Gasteiger partial charge < -0.3 is 0 Å². The average Bonchev–Trinajstić information content (AvgIpc) is 3.20. The first-order chi connectivity index (χ1) is 15.1. The molecule has 0 fully saturated rings. The van der Waals surface area contributed by atoms with Crippen molar-refractivity contribution in [3.05, 3.63) is 66.2 Å². The maximum atomic E-state index is 13.0. The molecule has 0 radical (unpaired) electrons. The summed E-state index contributed by atoms with van der Waals surface area (Å²) in [6, 6.07) is 17.9. The molecule has 0 bridgehead atoms. The Labute approximate surface area is 189 Å². The van der Waals surface area contributed by atoms with E-state index >= 15 is 0 Å². The van der Waals surface area contributed by atoms with Gasteiger partial charge in [-0.1, -0.05) is 0 Å². The summed E-state index contributed by atoms with van der Waals surface area (Å²) in [5.41, 5.74) is 0.607. The number of allylic oxidation sites excluding steroid dienone is 1. The van der Waals surface area contributed by atoms with Crippen molar-refractivity contribution in [3.63, 3.8) is 0 Å². The summed E-state index contributed by atoms with van der Waals surface area (Å²) in [5, 5.41) is 0.828. The van der Waals surface area contributed by atoms with Crippen molar-refractivity contribution >= 4 is 36.9 Å². The second-order valence-electron chi connectivity index (χ2n) is 7.24. The van der Waals surface area contributed by atoms with Crippen LogP contribution in [0.25, 0.3) is 5.57 Å². The van der Waals surface area contributed by atoms with Crippen LogP contribution in [0, 0.1) is 11.3 Å². The van der Waals surface area contributed by atoms with Crippen LogP contribution in [0.1, 0.15) is 25.8 Å². The van der Waals surface area contributed by atoms with E-state index in [-0.39, 0.29) is 34.1 Å². The Balaban J connectivity index is 1.97. The SMILES string of the molecule is CCOC(=O)C1(C(=O)OCC)C=C(c2ccccc2)C(C[Se]c2ccccc2OC)C1. The first kappa shape index (κ1) is 23.1. The van der Waals surface area contributed by atoms with E-state index in [1.54, 1.807) is 27.0 Å². The third-order valence-corrected chi connectivity index (χ3v) is 7.86. The third kappa shape index (κ3) is 5.03. The molecule has 5 nitrogen and oxygen atoms in total. The Bertz CT molecular complexity index is 920. The molecular weight excluding hydrogens is 459 g/mol. The van der Waals surface area contributed by atoms with Crippen molar-refractivity contribution in [1.29, 1.82) is 0 Å². The van der Waals surface area contributed by atoms with Crippen molar-refractivity contribution in [1.82, 2.24) is 0 Å². The van der Waals surface area contributed by atoms with Crippen LogP contribution in [0.2, 0.25) is 5.32 Å². The number of carbonyl (C=O) groups excluding carboxylic acids is 2. The number of benzene rings is 2. The first-order valence-electron chi connectivity index (χ1n) is 10.4. The molecule has 0 aliphatic heterocycles. The molecule has 164 valence electrons. The summed E-state index contributed by atoms with van der Waals surface area (Å²) < 4.78 is 17.3. The Hall–Kier alpha value is -2.56. The summed E-state index contributed by atoms with van der Waals surface area (Å²) in [6.45, 7) is 3.92. The molecule has 2 aromatic rings. The van der Waals surface area contributed by atoms with Crippen LogP contribution in [0.5, 0.6) is 5.75 Å². The van der Waals surface area contributed by atoms with Gasteiger partial charge in [-0.05, 0) is 0 Å². The van der Waals surface area contributed by atoms with Gasteiger partial charge in [0, 0.05) is 0 Å². The second-order valence-corrected chi connectivity index (χ2v) is 9.47. The standard InChI is InChI=1S/C25H28O5Se/c1-4-29-23(26)25(24(27)30-5-2)15-19(20(16-25)18-11-7-6-8-12-18)17-31-22-14-10-9-13-21(22)28-3/h6-14,16,19H,4-5,15,17H2,1-3H3. The number of hydrogen-bond acceptors (Lipinski definition) is 5. The quantitative estimate of drug-likeness (QED) is 0.307. The number of rotatable bonds is 9. The van der Waals surface area contributed by atoms with E-state index in [2.05, 4.69) is 6.07 Å². The molecule has 0 heterocycles. The molecular formula is C25H28O5Se. The van der Waals surface area contributed by atoms with Gasteiger partial charge in [0.2, 0.25) is 0 Å². The van der Waals surface area contributed by atoms with Crippen LogP contribution in [-0.2, 0) is 19.1 Å². The predicted octanol–water partition coefficient (Wildman–Crippen LogP) is 3.66. The van der Waals surface area contributed by atoms with Gasteiger partial charge in [0.15, 0.2) is 0 Å². The zero-order valence-corrected chi connectivity index (χ0v) is 19.8. The predicted molar refractivity (Wildman–Crippen MR) is 121 cm³/mol. The van der Waals surface area contributed by atoms with Gasteiger partial charge >= 0.3 is 190 Å². The fourth-order valence-electron chi connectivity index (χ4n) is 3.86. The van der Waals surface area contributed by atoms with Crippen molar-refractivity contribution in [2.75, 3.05) is 20.3 Å². The molecule has 1 atom stereocenters. The minimum absolute atomic E-state index is 0.0288. The number of esters is 2. The molecule has 3 rings (SSSR count). The zero-order chi connectivity index (χ0) is 22.3. The van der Waals surface area contributed by atoms with Gasteiger partial charge in [-0.25, -0.2) is 0 Å². The van der Waals surface area contributed by atoms with Gasteiger partial charge in [0.25, 0.3) is 0 Å².